The number of amides is 1. The van der Waals surface area contributed by atoms with Crippen molar-refractivity contribution >= 4 is 11.9 Å². The highest BCUT2D eigenvalue weighted by molar-refractivity contribution is 5.81. The highest BCUT2D eigenvalue weighted by Crippen LogP contribution is 2.23. The molecule has 114 valence electrons. The van der Waals surface area contributed by atoms with Crippen LogP contribution in [-0.2, 0) is 16.0 Å². The Morgan fingerprint density at radius 2 is 2.10 bits per heavy atom. The molecule has 1 aromatic carbocycles. The number of halogens is 2. The minimum absolute atomic E-state index is 0.0326. The van der Waals surface area contributed by atoms with Gasteiger partial charge in [-0.2, -0.15) is 8.78 Å². The third-order valence-electron chi connectivity index (χ3n) is 3.42. The molecule has 2 rings (SSSR count). The van der Waals surface area contributed by atoms with Gasteiger partial charge in [-0.1, -0.05) is 18.2 Å². The lowest BCUT2D eigenvalue weighted by Gasteiger charge is -2.17. The highest BCUT2D eigenvalue weighted by atomic mass is 19.3. The van der Waals surface area contributed by atoms with Crippen LogP contribution >= 0.6 is 0 Å². The van der Waals surface area contributed by atoms with Crippen LogP contribution in [0.2, 0.25) is 0 Å². The molecule has 0 spiro atoms. The fraction of sp³-hybridized carbons (Fsp3) is 0.429. The van der Waals surface area contributed by atoms with Crippen LogP contribution < -0.4 is 4.74 Å². The van der Waals surface area contributed by atoms with Gasteiger partial charge in [-0.3, -0.25) is 9.59 Å². The number of carboxylic acid groups (broad SMARTS) is 1. The molecule has 1 heterocycles. The van der Waals surface area contributed by atoms with Gasteiger partial charge in [-0.15, -0.1) is 0 Å². The minimum Gasteiger partial charge on any atom is -0.481 e. The van der Waals surface area contributed by atoms with Crippen molar-refractivity contribution in [2.75, 3.05) is 13.1 Å². The van der Waals surface area contributed by atoms with Crippen molar-refractivity contribution in [1.82, 2.24) is 4.90 Å². The largest absolute Gasteiger partial charge is 0.481 e. The molecule has 7 heteroatoms. The number of ether oxygens (including phenoxy) is 1. The van der Waals surface area contributed by atoms with Crippen LogP contribution in [0, 0.1) is 5.92 Å². The summed E-state index contributed by atoms with van der Waals surface area (Å²) in [5.74, 6) is -1.80. The normalized spacial score (nSPS) is 18.0. The van der Waals surface area contributed by atoms with Crippen molar-refractivity contribution in [3.8, 4) is 5.75 Å². The third-order valence-corrected chi connectivity index (χ3v) is 3.42. The zero-order valence-corrected chi connectivity index (χ0v) is 11.2. The Bertz CT molecular complexity index is 535. The summed E-state index contributed by atoms with van der Waals surface area (Å²) >= 11 is 0. The van der Waals surface area contributed by atoms with E-state index < -0.39 is 18.5 Å². The fourth-order valence-corrected chi connectivity index (χ4v) is 2.32. The number of para-hydroxylation sites is 1. The first-order chi connectivity index (χ1) is 9.97. The number of rotatable bonds is 5. The summed E-state index contributed by atoms with van der Waals surface area (Å²) in [5.41, 5.74) is 0.363. The Kier molecular flexibility index (Phi) is 4.72. The second-order valence-electron chi connectivity index (χ2n) is 4.83. The molecule has 0 aromatic heterocycles. The van der Waals surface area contributed by atoms with Gasteiger partial charge in [-0.25, -0.2) is 0 Å². The van der Waals surface area contributed by atoms with Crippen LogP contribution in [0.15, 0.2) is 24.3 Å². The maximum Gasteiger partial charge on any atom is 0.387 e. The summed E-state index contributed by atoms with van der Waals surface area (Å²) in [6.07, 6.45) is 0.325. The van der Waals surface area contributed by atoms with Gasteiger partial charge in [0, 0.05) is 18.7 Å². The molecule has 1 aliphatic heterocycles. The molecule has 0 aliphatic carbocycles. The molecule has 21 heavy (non-hydrogen) atoms. The smallest absolute Gasteiger partial charge is 0.387 e. The molecule has 1 N–H and O–H groups in total. The van der Waals surface area contributed by atoms with E-state index in [-0.39, 0.29) is 24.6 Å². The molecule has 0 bridgehead atoms. The molecule has 1 aromatic rings. The molecule has 1 atom stereocenters. The Labute approximate surface area is 120 Å². The van der Waals surface area contributed by atoms with E-state index in [2.05, 4.69) is 4.74 Å². The minimum atomic E-state index is -2.95. The first-order valence-corrected chi connectivity index (χ1v) is 6.50. The summed E-state index contributed by atoms with van der Waals surface area (Å²) in [7, 11) is 0. The van der Waals surface area contributed by atoms with Gasteiger partial charge < -0.3 is 14.7 Å². The fourth-order valence-electron chi connectivity index (χ4n) is 2.32. The first kappa shape index (κ1) is 15.2. The maximum absolute atomic E-state index is 12.3. The molecule has 1 fully saturated rings. The van der Waals surface area contributed by atoms with Gasteiger partial charge in [0.1, 0.15) is 5.75 Å². The van der Waals surface area contributed by atoms with Crippen molar-refractivity contribution in [3.63, 3.8) is 0 Å². The van der Waals surface area contributed by atoms with Gasteiger partial charge in [0.05, 0.1) is 12.3 Å². The molecule has 0 radical (unpaired) electrons. The second kappa shape index (κ2) is 6.51. The number of nitrogens with zero attached hydrogens (tertiary/aromatic N) is 1. The number of alkyl halides is 2. The van der Waals surface area contributed by atoms with Crippen LogP contribution in [0.3, 0.4) is 0 Å². The molecule has 0 saturated carbocycles. The Balaban J connectivity index is 2.02. The standard InChI is InChI=1S/C14H15F2NO4/c15-14(16)21-11-4-2-1-3-9(11)7-12(18)17-6-5-10(8-17)13(19)20/h1-4,10,14H,5-8H2,(H,19,20). The average molecular weight is 299 g/mol. The van der Waals surface area contributed by atoms with Gasteiger partial charge in [-0.05, 0) is 12.5 Å². The van der Waals surface area contributed by atoms with Crippen molar-refractivity contribution in [2.45, 2.75) is 19.5 Å². The number of benzene rings is 1. The maximum atomic E-state index is 12.3. The Hall–Kier alpha value is -2.18. The molecule has 1 aliphatic rings. The lowest BCUT2D eigenvalue weighted by atomic mass is 10.1. The van der Waals surface area contributed by atoms with Crippen molar-refractivity contribution in [2.24, 2.45) is 5.92 Å². The number of hydrogen-bond donors (Lipinski definition) is 1. The monoisotopic (exact) mass is 299 g/mol. The van der Waals surface area contributed by atoms with Gasteiger partial charge in [0.15, 0.2) is 0 Å². The SMILES string of the molecule is O=C(O)C1CCN(C(=O)Cc2ccccc2OC(F)F)C1. The number of hydrogen-bond acceptors (Lipinski definition) is 3. The molecule has 1 saturated heterocycles. The van der Waals surface area contributed by atoms with Crippen molar-refractivity contribution in [1.29, 1.82) is 0 Å². The predicted octanol–water partition coefficient (Wildman–Crippen LogP) is 1.76. The first-order valence-electron chi connectivity index (χ1n) is 6.50. The quantitative estimate of drug-likeness (QED) is 0.899. The van der Waals surface area contributed by atoms with Crippen LogP contribution in [-0.4, -0.2) is 41.6 Å². The highest BCUT2D eigenvalue weighted by Gasteiger charge is 2.31. The predicted molar refractivity (Wildman–Crippen MR) is 69.1 cm³/mol. The number of carbonyl (C=O) groups excluding carboxylic acids is 1. The number of carbonyl (C=O) groups is 2. The summed E-state index contributed by atoms with van der Waals surface area (Å²) in [4.78, 5) is 24.4. The van der Waals surface area contributed by atoms with E-state index in [1.54, 1.807) is 18.2 Å². The van der Waals surface area contributed by atoms with E-state index in [0.29, 0.717) is 18.5 Å². The zero-order chi connectivity index (χ0) is 15.4. The second-order valence-corrected chi connectivity index (χ2v) is 4.83. The number of likely N-dealkylation sites (tertiary alicyclic amines) is 1. The van der Waals surface area contributed by atoms with E-state index in [1.807, 2.05) is 0 Å². The van der Waals surface area contributed by atoms with E-state index in [4.69, 9.17) is 5.11 Å². The topological polar surface area (TPSA) is 66.8 Å². The summed E-state index contributed by atoms with van der Waals surface area (Å²) < 4.78 is 29.0. The van der Waals surface area contributed by atoms with Crippen molar-refractivity contribution < 1.29 is 28.2 Å². The van der Waals surface area contributed by atoms with E-state index in [1.165, 1.54) is 11.0 Å². The van der Waals surface area contributed by atoms with E-state index in [0.717, 1.165) is 0 Å². The molecular weight excluding hydrogens is 284 g/mol. The van der Waals surface area contributed by atoms with Crippen LogP contribution in [0.25, 0.3) is 0 Å². The van der Waals surface area contributed by atoms with Crippen LogP contribution in [0.5, 0.6) is 5.75 Å². The molecule has 1 unspecified atom stereocenters. The number of aliphatic carboxylic acids is 1. The lowest BCUT2D eigenvalue weighted by Crippen LogP contribution is -2.31. The average Bonchev–Trinajstić information content (AvgIpc) is 2.90. The van der Waals surface area contributed by atoms with Gasteiger partial charge in [0.2, 0.25) is 5.91 Å². The van der Waals surface area contributed by atoms with Gasteiger partial charge >= 0.3 is 12.6 Å². The number of carboxylic acids is 1. The molecule has 1 amide bonds. The summed E-state index contributed by atoms with van der Waals surface area (Å²) in [5, 5.41) is 8.90. The van der Waals surface area contributed by atoms with E-state index >= 15 is 0 Å². The van der Waals surface area contributed by atoms with E-state index in [9.17, 15) is 18.4 Å². The zero-order valence-electron chi connectivity index (χ0n) is 11.2. The molecule has 5 nitrogen and oxygen atoms in total. The Morgan fingerprint density at radius 3 is 2.71 bits per heavy atom. The van der Waals surface area contributed by atoms with Gasteiger partial charge in [0.25, 0.3) is 0 Å². The summed E-state index contributed by atoms with van der Waals surface area (Å²) in [6, 6.07) is 6.09. The summed E-state index contributed by atoms with van der Waals surface area (Å²) in [6.45, 7) is -2.43. The van der Waals surface area contributed by atoms with Crippen molar-refractivity contribution in [3.05, 3.63) is 29.8 Å². The third kappa shape index (κ3) is 3.90. The van der Waals surface area contributed by atoms with Crippen LogP contribution in [0.4, 0.5) is 8.78 Å². The lowest BCUT2D eigenvalue weighted by molar-refractivity contribution is -0.141. The Morgan fingerprint density at radius 1 is 1.38 bits per heavy atom. The molecular formula is C14H15F2NO4. The van der Waals surface area contributed by atoms with Crippen LogP contribution in [0.1, 0.15) is 12.0 Å².